The lowest BCUT2D eigenvalue weighted by molar-refractivity contribution is 0.124. The lowest BCUT2D eigenvalue weighted by Crippen LogP contribution is -2.34. The van der Waals surface area contributed by atoms with E-state index in [2.05, 4.69) is 4.84 Å². The zero-order valence-corrected chi connectivity index (χ0v) is 7.84. The Labute approximate surface area is 86.3 Å². The number of ether oxygens (including phenoxy) is 2. The number of nitrogens with two attached hydrogens (primary N) is 1. The maximum atomic E-state index is 9.22. The molecular weight excluding hydrogens is 201 g/mol. The summed E-state index contributed by atoms with van der Waals surface area (Å²) in [5.74, 6) is 5.76. The molecule has 1 heterocycles. The number of hydrogen-bond acceptors (Lipinski definition) is 6. The fourth-order valence-corrected chi connectivity index (χ4v) is 1.53. The molecule has 7 heteroatoms. The van der Waals surface area contributed by atoms with Crippen molar-refractivity contribution in [1.82, 2.24) is 0 Å². The Morgan fingerprint density at radius 1 is 1.40 bits per heavy atom. The molecule has 0 atom stereocenters. The first-order chi connectivity index (χ1) is 7.24. The molecule has 1 aromatic carbocycles. The molecule has 80 valence electrons. The Morgan fingerprint density at radius 3 is 2.87 bits per heavy atom. The van der Waals surface area contributed by atoms with E-state index in [9.17, 15) is 10.0 Å². The van der Waals surface area contributed by atoms with Crippen molar-refractivity contribution in [3.05, 3.63) is 17.7 Å². The second-order valence-corrected chi connectivity index (χ2v) is 3.06. The van der Waals surface area contributed by atoms with Gasteiger partial charge in [-0.3, -0.25) is 4.84 Å². The topological polar surface area (TPSA) is 94.2 Å². The van der Waals surface area contributed by atoms with Gasteiger partial charge in [-0.1, -0.05) is 6.07 Å². The van der Waals surface area contributed by atoms with Gasteiger partial charge < -0.3 is 19.5 Å². The van der Waals surface area contributed by atoms with Gasteiger partial charge in [0.1, 0.15) is 0 Å². The van der Waals surface area contributed by atoms with Crippen LogP contribution in [0, 0.1) is 0 Å². The predicted molar refractivity (Wildman–Crippen MR) is 51.4 cm³/mol. The molecule has 0 saturated heterocycles. The molecule has 0 unspecified atom stereocenters. The third-order valence-corrected chi connectivity index (χ3v) is 2.16. The number of benzene rings is 1. The van der Waals surface area contributed by atoms with Crippen LogP contribution in [-0.4, -0.2) is 24.0 Å². The lowest BCUT2D eigenvalue weighted by atomic mass is 9.76. The molecule has 6 nitrogen and oxygen atoms in total. The molecule has 0 spiro atoms. The van der Waals surface area contributed by atoms with E-state index in [-0.39, 0.29) is 18.9 Å². The van der Waals surface area contributed by atoms with E-state index in [1.54, 1.807) is 12.1 Å². The van der Waals surface area contributed by atoms with Crippen LogP contribution in [0.3, 0.4) is 0 Å². The summed E-state index contributed by atoms with van der Waals surface area (Å²) in [4.78, 5) is 4.46. The first-order valence-electron chi connectivity index (χ1n) is 4.33. The molecule has 0 saturated carbocycles. The Morgan fingerprint density at radius 2 is 2.20 bits per heavy atom. The summed E-state index contributed by atoms with van der Waals surface area (Å²) in [7, 11) is -1.65. The lowest BCUT2D eigenvalue weighted by Gasteiger charge is -2.10. The minimum Gasteiger partial charge on any atom is -0.454 e. The molecule has 1 aromatic rings. The zero-order valence-electron chi connectivity index (χ0n) is 7.84. The van der Waals surface area contributed by atoms with Gasteiger partial charge in [-0.2, -0.15) is 0 Å². The van der Waals surface area contributed by atoms with Crippen LogP contribution in [0.4, 0.5) is 0 Å². The molecule has 4 N–H and O–H groups in total. The van der Waals surface area contributed by atoms with Crippen molar-refractivity contribution in [2.24, 2.45) is 5.90 Å². The highest BCUT2D eigenvalue weighted by Crippen LogP contribution is 2.31. The van der Waals surface area contributed by atoms with Gasteiger partial charge in [-0.05, 0) is 11.6 Å². The molecule has 0 bridgehead atoms. The van der Waals surface area contributed by atoms with Gasteiger partial charge >= 0.3 is 7.12 Å². The fourth-order valence-electron chi connectivity index (χ4n) is 1.53. The van der Waals surface area contributed by atoms with E-state index in [4.69, 9.17) is 15.4 Å². The smallest absolute Gasteiger partial charge is 0.454 e. The van der Waals surface area contributed by atoms with E-state index in [0.29, 0.717) is 17.1 Å². The Hall–Kier alpha value is -1.28. The van der Waals surface area contributed by atoms with Crippen LogP contribution in [0.15, 0.2) is 12.1 Å². The van der Waals surface area contributed by atoms with Gasteiger partial charge in [-0.15, -0.1) is 0 Å². The van der Waals surface area contributed by atoms with Crippen LogP contribution in [0.1, 0.15) is 5.56 Å². The summed E-state index contributed by atoms with van der Waals surface area (Å²) in [6.07, 6.45) is 0. The van der Waals surface area contributed by atoms with Crippen molar-refractivity contribution in [2.75, 3.05) is 6.79 Å². The second kappa shape index (κ2) is 4.07. The maximum absolute atomic E-state index is 9.22. The largest absolute Gasteiger partial charge is 0.492 e. The third kappa shape index (κ3) is 1.77. The first-order valence-corrected chi connectivity index (χ1v) is 4.33. The normalized spacial score (nSPS) is 13.0. The highest BCUT2D eigenvalue weighted by molar-refractivity contribution is 6.60. The SMILES string of the molecule is NOCc1ccc2c(c1B(O)O)OCO2. The molecule has 2 rings (SSSR count). The molecule has 0 aliphatic carbocycles. The van der Waals surface area contributed by atoms with Gasteiger partial charge in [0, 0.05) is 5.46 Å². The number of hydrogen-bond donors (Lipinski definition) is 3. The van der Waals surface area contributed by atoms with E-state index in [1.807, 2.05) is 0 Å². The van der Waals surface area contributed by atoms with Crippen molar-refractivity contribution in [1.29, 1.82) is 0 Å². The van der Waals surface area contributed by atoms with Gasteiger partial charge in [0.15, 0.2) is 11.5 Å². The zero-order chi connectivity index (χ0) is 10.8. The van der Waals surface area contributed by atoms with Crippen molar-refractivity contribution in [3.8, 4) is 11.5 Å². The summed E-state index contributed by atoms with van der Waals surface area (Å²) in [6.45, 7) is 0.144. The minimum atomic E-state index is -1.65. The fraction of sp³-hybridized carbons (Fsp3) is 0.250. The number of fused-ring (bicyclic) bond motifs is 1. The van der Waals surface area contributed by atoms with Gasteiger partial charge in [0.25, 0.3) is 0 Å². The average Bonchev–Trinajstić information content (AvgIpc) is 2.64. The Balaban J connectivity index is 2.48. The third-order valence-electron chi connectivity index (χ3n) is 2.16. The van der Waals surface area contributed by atoms with Crippen molar-refractivity contribution < 1.29 is 24.4 Å². The van der Waals surface area contributed by atoms with Crippen LogP contribution in [0.5, 0.6) is 11.5 Å². The molecule has 0 aromatic heterocycles. The van der Waals surface area contributed by atoms with E-state index >= 15 is 0 Å². The highest BCUT2D eigenvalue weighted by Gasteiger charge is 2.28. The quantitative estimate of drug-likeness (QED) is 0.415. The van der Waals surface area contributed by atoms with Crippen LogP contribution in [-0.2, 0) is 11.4 Å². The van der Waals surface area contributed by atoms with Gasteiger partial charge in [0.2, 0.25) is 6.79 Å². The summed E-state index contributed by atoms with van der Waals surface area (Å²) in [6, 6.07) is 3.32. The van der Waals surface area contributed by atoms with Crippen molar-refractivity contribution in [3.63, 3.8) is 0 Å². The summed E-state index contributed by atoms with van der Waals surface area (Å²) < 4.78 is 10.2. The highest BCUT2D eigenvalue weighted by atomic mass is 16.7. The second-order valence-electron chi connectivity index (χ2n) is 3.06. The van der Waals surface area contributed by atoms with Gasteiger partial charge in [-0.25, -0.2) is 5.90 Å². The standard InChI is InChI=1S/C8H10BNO5/c10-15-3-5-1-2-6-8(14-4-13-6)7(5)9(11)12/h1-2,11-12H,3-4,10H2. The predicted octanol–water partition coefficient (Wildman–Crippen LogP) is -1.51. The minimum absolute atomic E-state index is 0.0714. The Kier molecular flexibility index (Phi) is 2.78. The van der Waals surface area contributed by atoms with Crippen molar-refractivity contribution >= 4 is 12.6 Å². The maximum Gasteiger partial charge on any atom is 0.492 e. The average molecular weight is 211 g/mol. The van der Waals surface area contributed by atoms with E-state index < -0.39 is 7.12 Å². The molecule has 0 radical (unpaired) electrons. The summed E-state index contributed by atoms with van der Waals surface area (Å²) in [5, 5.41) is 18.4. The van der Waals surface area contributed by atoms with Crippen LogP contribution in [0.25, 0.3) is 0 Å². The van der Waals surface area contributed by atoms with Gasteiger partial charge in [0.05, 0.1) is 6.61 Å². The van der Waals surface area contributed by atoms with E-state index in [1.165, 1.54) is 0 Å². The summed E-state index contributed by atoms with van der Waals surface area (Å²) >= 11 is 0. The molecule has 0 fully saturated rings. The number of rotatable bonds is 3. The molecule has 0 amide bonds. The molecule has 1 aliphatic heterocycles. The van der Waals surface area contributed by atoms with E-state index in [0.717, 1.165) is 0 Å². The van der Waals surface area contributed by atoms with Crippen LogP contribution >= 0.6 is 0 Å². The first kappa shape index (κ1) is 10.2. The monoisotopic (exact) mass is 211 g/mol. The molecular formula is C8H10BNO5. The van der Waals surface area contributed by atoms with Crippen molar-refractivity contribution in [2.45, 2.75) is 6.61 Å². The van der Waals surface area contributed by atoms with Crippen LogP contribution < -0.4 is 20.8 Å². The van der Waals surface area contributed by atoms with Crippen LogP contribution in [0.2, 0.25) is 0 Å². The molecule has 15 heavy (non-hydrogen) atoms. The molecule has 1 aliphatic rings. The summed E-state index contributed by atoms with van der Waals surface area (Å²) in [5.41, 5.74) is 0.784. The Bertz CT molecular complexity index is 370.